The number of hydrogen-bond acceptors (Lipinski definition) is 6. The average molecular weight is 400 g/mol. The molecule has 29 heavy (non-hydrogen) atoms. The first-order valence-electron chi connectivity index (χ1n) is 10.0. The summed E-state index contributed by atoms with van der Waals surface area (Å²) in [5.41, 5.74) is 2.48. The van der Waals surface area contributed by atoms with E-state index in [1.165, 1.54) is 4.90 Å². The first-order chi connectivity index (χ1) is 13.9. The lowest BCUT2D eigenvalue weighted by molar-refractivity contribution is -0.134. The van der Waals surface area contributed by atoms with Crippen molar-refractivity contribution in [1.29, 1.82) is 0 Å². The minimum absolute atomic E-state index is 0.252. The second-order valence-electron chi connectivity index (χ2n) is 7.80. The summed E-state index contributed by atoms with van der Waals surface area (Å²) in [6.45, 7) is 1.73. The van der Waals surface area contributed by atoms with Gasteiger partial charge in [-0.05, 0) is 43.4 Å². The normalized spacial score (nSPS) is 20.2. The Balaban J connectivity index is 1.83. The Morgan fingerprint density at radius 3 is 2.45 bits per heavy atom. The molecular weight excluding hydrogens is 372 g/mol. The summed E-state index contributed by atoms with van der Waals surface area (Å²) in [4.78, 5) is 51.6. The van der Waals surface area contributed by atoms with E-state index in [9.17, 15) is 19.2 Å². The van der Waals surface area contributed by atoms with Crippen molar-refractivity contribution in [3.63, 3.8) is 0 Å². The van der Waals surface area contributed by atoms with Crippen LogP contribution < -0.4 is 20.0 Å². The highest BCUT2D eigenvalue weighted by molar-refractivity contribution is 6.02. The van der Waals surface area contributed by atoms with Gasteiger partial charge in [0.1, 0.15) is 12.3 Å². The lowest BCUT2D eigenvalue weighted by atomic mass is 9.94. The van der Waals surface area contributed by atoms with E-state index in [0.717, 1.165) is 50.0 Å². The van der Waals surface area contributed by atoms with Gasteiger partial charge in [-0.2, -0.15) is 0 Å². The van der Waals surface area contributed by atoms with Crippen LogP contribution in [0.25, 0.3) is 0 Å². The molecule has 8 nitrogen and oxygen atoms in total. The highest BCUT2D eigenvalue weighted by Crippen LogP contribution is 2.35. The number of benzene rings is 1. The number of nitrogens with one attached hydrogen (secondary N) is 1. The van der Waals surface area contributed by atoms with Crippen LogP contribution in [0.5, 0.6) is 0 Å². The molecule has 1 unspecified atom stereocenters. The Morgan fingerprint density at radius 1 is 1.10 bits per heavy atom. The number of carbonyl (C=O) groups excluding carboxylic acids is 4. The van der Waals surface area contributed by atoms with E-state index < -0.39 is 6.04 Å². The Hall–Kier alpha value is -2.90. The summed E-state index contributed by atoms with van der Waals surface area (Å²) in [6, 6.07) is 5.43. The van der Waals surface area contributed by atoms with Gasteiger partial charge in [0.15, 0.2) is 0 Å². The number of likely N-dealkylation sites (N-methyl/N-ethyl adjacent to an activating group) is 1. The minimum atomic E-state index is -0.462. The minimum Gasteiger partial charge on any atom is -0.371 e. The maximum Gasteiger partial charge on any atom is 0.249 e. The van der Waals surface area contributed by atoms with Gasteiger partial charge in [-0.15, -0.1) is 0 Å². The van der Waals surface area contributed by atoms with Gasteiger partial charge in [-0.3, -0.25) is 19.7 Å². The van der Waals surface area contributed by atoms with E-state index in [0.29, 0.717) is 30.9 Å². The van der Waals surface area contributed by atoms with Crippen LogP contribution in [-0.4, -0.2) is 57.7 Å². The highest BCUT2D eigenvalue weighted by atomic mass is 16.2. The summed E-state index contributed by atoms with van der Waals surface area (Å²) >= 11 is 0. The van der Waals surface area contributed by atoms with Crippen molar-refractivity contribution in [2.75, 3.05) is 41.9 Å². The molecular formula is C21H28N4O4. The fraction of sp³-hybridized carbons (Fsp3) is 0.524. The van der Waals surface area contributed by atoms with Gasteiger partial charge in [0, 0.05) is 45.7 Å². The Labute approximate surface area is 170 Å². The molecule has 156 valence electrons. The molecule has 3 amide bonds. The number of piperidine rings is 2. The van der Waals surface area contributed by atoms with Gasteiger partial charge < -0.3 is 19.5 Å². The molecule has 0 aromatic heterocycles. The zero-order valence-electron chi connectivity index (χ0n) is 17.0. The van der Waals surface area contributed by atoms with Crippen molar-refractivity contribution in [2.24, 2.45) is 5.92 Å². The number of rotatable bonds is 7. The van der Waals surface area contributed by atoms with Crippen molar-refractivity contribution in [3.05, 3.63) is 18.2 Å². The molecule has 2 heterocycles. The zero-order valence-corrected chi connectivity index (χ0v) is 17.0. The predicted octanol–water partition coefficient (Wildman–Crippen LogP) is 1.33. The molecule has 0 spiro atoms. The Morgan fingerprint density at radius 2 is 1.83 bits per heavy atom. The van der Waals surface area contributed by atoms with Crippen LogP contribution in [0.2, 0.25) is 0 Å². The third kappa shape index (κ3) is 4.58. The summed E-state index contributed by atoms with van der Waals surface area (Å²) in [5, 5.41) is 2.38. The SMILES string of the molecule is CN(C=O)c1cc(N2CCC(CC=O)CC2)ccc1N(C)C1CCC(=O)NC1=O. The van der Waals surface area contributed by atoms with Gasteiger partial charge in [0.2, 0.25) is 18.2 Å². The monoisotopic (exact) mass is 400 g/mol. The number of carbonyl (C=O) groups is 4. The summed E-state index contributed by atoms with van der Waals surface area (Å²) in [6.07, 6.45) is 5.03. The van der Waals surface area contributed by atoms with Crippen LogP contribution in [0.4, 0.5) is 17.1 Å². The van der Waals surface area contributed by atoms with E-state index in [2.05, 4.69) is 10.2 Å². The molecule has 3 rings (SSSR count). The smallest absolute Gasteiger partial charge is 0.249 e. The first-order valence-corrected chi connectivity index (χ1v) is 10.0. The molecule has 1 aromatic carbocycles. The number of nitrogens with zero attached hydrogens (tertiary/aromatic N) is 3. The van der Waals surface area contributed by atoms with E-state index in [-0.39, 0.29) is 11.8 Å². The van der Waals surface area contributed by atoms with Crippen molar-refractivity contribution < 1.29 is 19.2 Å². The molecule has 8 heteroatoms. The lowest BCUT2D eigenvalue weighted by Crippen LogP contribution is -2.51. The average Bonchev–Trinajstić information content (AvgIpc) is 2.73. The quantitative estimate of drug-likeness (QED) is 0.549. The molecule has 0 radical (unpaired) electrons. The van der Waals surface area contributed by atoms with Crippen molar-refractivity contribution in [1.82, 2.24) is 5.32 Å². The second-order valence-corrected chi connectivity index (χ2v) is 7.80. The molecule has 2 aliphatic rings. The standard InChI is InChI=1S/C21H28N4O4/c1-23(14-27)19-13-16(25-10-7-15(8-11-25)9-12-26)3-4-17(19)24(2)18-5-6-20(28)22-21(18)29/h3-4,12-15,18H,5-11H2,1-2H3,(H,22,28,29). The molecule has 2 saturated heterocycles. The molecule has 2 fully saturated rings. The maximum atomic E-state index is 12.3. The Bertz CT molecular complexity index is 789. The molecule has 2 aliphatic heterocycles. The van der Waals surface area contributed by atoms with Gasteiger partial charge in [-0.25, -0.2) is 0 Å². The van der Waals surface area contributed by atoms with Crippen LogP contribution in [0.1, 0.15) is 32.1 Å². The van der Waals surface area contributed by atoms with E-state index in [1.807, 2.05) is 30.1 Å². The fourth-order valence-corrected chi connectivity index (χ4v) is 4.13. The molecule has 0 saturated carbocycles. The van der Waals surface area contributed by atoms with Gasteiger partial charge in [0.05, 0.1) is 11.4 Å². The van der Waals surface area contributed by atoms with Crippen LogP contribution in [0.3, 0.4) is 0 Å². The zero-order chi connectivity index (χ0) is 21.0. The second kappa shape index (κ2) is 9.07. The number of hydrogen-bond donors (Lipinski definition) is 1. The molecule has 1 aromatic rings. The predicted molar refractivity (Wildman–Crippen MR) is 111 cm³/mol. The largest absolute Gasteiger partial charge is 0.371 e. The van der Waals surface area contributed by atoms with Gasteiger partial charge in [0.25, 0.3) is 0 Å². The topological polar surface area (TPSA) is 90.0 Å². The number of aldehydes is 1. The summed E-state index contributed by atoms with van der Waals surface area (Å²) in [5.74, 6) is -0.123. The van der Waals surface area contributed by atoms with Crippen LogP contribution >= 0.6 is 0 Å². The van der Waals surface area contributed by atoms with Crippen LogP contribution in [-0.2, 0) is 19.2 Å². The molecule has 1 N–H and O–H groups in total. The van der Waals surface area contributed by atoms with E-state index >= 15 is 0 Å². The van der Waals surface area contributed by atoms with E-state index in [4.69, 9.17) is 0 Å². The highest BCUT2D eigenvalue weighted by Gasteiger charge is 2.31. The third-order valence-corrected chi connectivity index (χ3v) is 5.96. The van der Waals surface area contributed by atoms with E-state index in [1.54, 1.807) is 7.05 Å². The maximum absolute atomic E-state index is 12.3. The number of imide groups is 1. The fourth-order valence-electron chi connectivity index (χ4n) is 4.13. The lowest BCUT2D eigenvalue weighted by Gasteiger charge is -2.36. The number of amides is 3. The molecule has 0 bridgehead atoms. The summed E-state index contributed by atoms with van der Waals surface area (Å²) < 4.78 is 0. The van der Waals surface area contributed by atoms with Gasteiger partial charge in [-0.1, -0.05) is 0 Å². The van der Waals surface area contributed by atoms with Gasteiger partial charge >= 0.3 is 0 Å². The third-order valence-electron chi connectivity index (χ3n) is 5.96. The van der Waals surface area contributed by atoms with Crippen LogP contribution in [0.15, 0.2) is 18.2 Å². The molecule has 0 aliphatic carbocycles. The summed E-state index contributed by atoms with van der Waals surface area (Å²) in [7, 11) is 3.49. The molecule has 1 atom stereocenters. The van der Waals surface area contributed by atoms with Crippen molar-refractivity contribution >= 4 is 41.6 Å². The number of anilines is 3. The van der Waals surface area contributed by atoms with Crippen LogP contribution in [0, 0.1) is 5.92 Å². The first kappa shape index (κ1) is 20.8. The van der Waals surface area contributed by atoms with Crippen molar-refractivity contribution in [3.8, 4) is 0 Å². The van der Waals surface area contributed by atoms with Crippen molar-refractivity contribution in [2.45, 2.75) is 38.1 Å². The Kier molecular flexibility index (Phi) is 6.51.